The zero-order chi connectivity index (χ0) is 13.9. The fraction of sp³-hybridized carbons (Fsp3) is 0.933. The summed E-state index contributed by atoms with van der Waals surface area (Å²) in [5.74, 6) is 0.725. The molecule has 0 bridgehead atoms. The third-order valence-electron chi connectivity index (χ3n) is 4.97. The SMILES string of the molecule is CSC1CCCC1NC(=O)C(C)(C)C1CCCNC1. The van der Waals surface area contributed by atoms with Crippen molar-refractivity contribution >= 4 is 17.7 Å². The fourth-order valence-corrected chi connectivity index (χ4v) is 4.32. The lowest BCUT2D eigenvalue weighted by Crippen LogP contribution is -2.51. The summed E-state index contributed by atoms with van der Waals surface area (Å²) in [5.41, 5.74) is -0.251. The Labute approximate surface area is 121 Å². The number of rotatable bonds is 4. The first-order valence-electron chi connectivity index (χ1n) is 7.60. The van der Waals surface area contributed by atoms with Crippen molar-refractivity contribution in [2.45, 2.75) is 57.2 Å². The highest BCUT2D eigenvalue weighted by molar-refractivity contribution is 7.99. The molecule has 1 aliphatic carbocycles. The second-order valence-corrected chi connectivity index (χ2v) is 7.63. The molecular formula is C15H28N2OS. The molecule has 110 valence electrons. The Kier molecular flexibility index (Phi) is 5.18. The van der Waals surface area contributed by atoms with E-state index < -0.39 is 0 Å². The van der Waals surface area contributed by atoms with Gasteiger partial charge in [0.15, 0.2) is 0 Å². The van der Waals surface area contributed by atoms with E-state index in [4.69, 9.17) is 0 Å². The van der Waals surface area contributed by atoms with E-state index in [9.17, 15) is 4.79 Å². The molecule has 2 rings (SSSR count). The minimum Gasteiger partial charge on any atom is -0.352 e. The Morgan fingerprint density at radius 3 is 2.68 bits per heavy atom. The zero-order valence-electron chi connectivity index (χ0n) is 12.5. The normalized spacial score (nSPS) is 32.3. The summed E-state index contributed by atoms with van der Waals surface area (Å²) in [5, 5.41) is 7.37. The van der Waals surface area contributed by atoms with E-state index >= 15 is 0 Å². The molecule has 2 N–H and O–H groups in total. The summed E-state index contributed by atoms with van der Waals surface area (Å²) in [6.07, 6.45) is 8.17. The maximum absolute atomic E-state index is 12.6. The number of amides is 1. The van der Waals surface area contributed by atoms with Crippen LogP contribution in [-0.4, -0.2) is 36.5 Å². The lowest BCUT2D eigenvalue weighted by molar-refractivity contribution is -0.133. The van der Waals surface area contributed by atoms with Crippen molar-refractivity contribution in [3.05, 3.63) is 0 Å². The summed E-state index contributed by atoms with van der Waals surface area (Å²) in [6, 6.07) is 0.387. The van der Waals surface area contributed by atoms with Gasteiger partial charge in [-0.1, -0.05) is 20.3 Å². The maximum atomic E-state index is 12.6. The minimum absolute atomic E-state index is 0.251. The molecule has 1 saturated carbocycles. The number of thioether (sulfide) groups is 1. The summed E-state index contributed by atoms with van der Waals surface area (Å²) in [6.45, 7) is 6.31. The van der Waals surface area contributed by atoms with Crippen LogP contribution in [0.25, 0.3) is 0 Å². The lowest BCUT2D eigenvalue weighted by atomic mass is 9.74. The largest absolute Gasteiger partial charge is 0.352 e. The number of carbonyl (C=O) groups excluding carboxylic acids is 1. The average Bonchev–Trinajstić information content (AvgIpc) is 2.87. The van der Waals surface area contributed by atoms with E-state index in [1.165, 1.54) is 25.7 Å². The van der Waals surface area contributed by atoms with Gasteiger partial charge < -0.3 is 10.6 Å². The summed E-state index contributed by atoms with van der Waals surface area (Å²) in [7, 11) is 0. The molecule has 0 spiro atoms. The molecule has 1 saturated heterocycles. The zero-order valence-corrected chi connectivity index (χ0v) is 13.3. The Bertz CT molecular complexity index is 313. The van der Waals surface area contributed by atoms with Gasteiger partial charge in [-0.05, 0) is 50.9 Å². The summed E-state index contributed by atoms with van der Waals surface area (Å²) in [4.78, 5) is 12.6. The van der Waals surface area contributed by atoms with Crippen LogP contribution in [0.2, 0.25) is 0 Å². The highest BCUT2D eigenvalue weighted by Gasteiger charge is 2.39. The van der Waals surface area contributed by atoms with Crippen molar-refractivity contribution in [2.24, 2.45) is 11.3 Å². The smallest absolute Gasteiger partial charge is 0.226 e. The van der Waals surface area contributed by atoms with Crippen LogP contribution in [0.1, 0.15) is 46.0 Å². The second kappa shape index (κ2) is 6.49. The van der Waals surface area contributed by atoms with E-state index in [-0.39, 0.29) is 11.3 Å². The lowest BCUT2D eigenvalue weighted by Gasteiger charge is -2.37. The van der Waals surface area contributed by atoms with E-state index in [1.54, 1.807) is 0 Å². The summed E-state index contributed by atoms with van der Waals surface area (Å²) >= 11 is 1.90. The highest BCUT2D eigenvalue weighted by Crippen LogP contribution is 2.34. The van der Waals surface area contributed by atoms with Crippen molar-refractivity contribution in [1.82, 2.24) is 10.6 Å². The van der Waals surface area contributed by atoms with Gasteiger partial charge in [0.1, 0.15) is 0 Å². The van der Waals surface area contributed by atoms with Gasteiger partial charge in [-0.3, -0.25) is 4.79 Å². The second-order valence-electron chi connectivity index (χ2n) is 6.55. The molecule has 2 aliphatic rings. The molecule has 4 heteroatoms. The minimum atomic E-state index is -0.251. The quantitative estimate of drug-likeness (QED) is 0.833. The standard InChI is InChI=1S/C15H28N2OS/c1-15(2,11-6-5-9-16-10-11)14(18)17-12-7-4-8-13(12)19-3/h11-13,16H,4-10H2,1-3H3,(H,17,18). The number of nitrogens with one attached hydrogen (secondary N) is 2. The number of carbonyl (C=O) groups is 1. The van der Waals surface area contributed by atoms with E-state index in [2.05, 4.69) is 30.7 Å². The van der Waals surface area contributed by atoms with Gasteiger partial charge in [-0.15, -0.1) is 0 Å². The van der Waals surface area contributed by atoms with Crippen molar-refractivity contribution in [2.75, 3.05) is 19.3 Å². The maximum Gasteiger partial charge on any atom is 0.226 e. The molecule has 1 heterocycles. The van der Waals surface area contributed by atoms with Crippen LogP contribution in [-0.2, 0) is 4.79 Å². The van der Waals surface area contributed by atoms with Crippen molar-refractivity contribution in [3.63, 3.8) is 0 Å². The van der Waals surface area contributed by atoms with Gasteiger partial charge in [0.05, 0.1) is 0 Å². The molecule has 3 nitrogen and oxygen atoms in total. The molecule has 0 aromatic rings. The molecule has 1 aliphatic heterocycles. The van der Waals surface area contributed by atoms with Crippen LogP contribution < -0.4 is 10.6 Å². The molecule has 19 heavy (non-hydrogen) atoms. The van der Waals surface area contributed by atoms with Crippen LogP contribution >= 0.6 is 11.8 Å². The molecule has 3 atom stereocenters. The Morgan fingerprint density at radius 1 is 1.26 bits per heavy atom. The predicted octanol–water partition coefficient (Wildman–Crippen LogP) is 2.41. The molecule has 0 aromatic heterocycles. The van der Waals surface area contributed by atoms with E-state index in [0.29, 0.717) is 17.2 Å². The Balaban J connectivity index is 1.93. The van der Waals surface area contributed by atoms with Crippen LogP contribution in [0.4, 0.5) is 0 Å². The van der Waals surface area contributed by atoms with Crippen LogP contribution in [0, 0.1) is 11.3 Å². The van der Waals surface area contributed by atoms with Crippen molar-refractivity contribution < 1.29 is 4.79 Å². The van der Waals surface area contributed by atoms with Gasteiger partial charge in [0, 0.05) is 16.7 Å². The first-order valence-corrected chi connectivity index (χ1v) is 8.89. The Morgan fingerprint density at radius 2 is 2.05 bits per heavy atom. The van der Waals surface area contributed by atoms with Crippen LogP contribution in [0.15, 0.2) is 0 Å². The van der Waals surface area contributed by atoms with E-state index in [1.807, 2.05) is 11.8 Å². The number of hydrogen-bond donors (Lipinski definition) is 2. The Hall–Kier alpha value is -0.220. The molecule has 2 fully saturated rings. The number of hydrogen-bond acceptors (Lipinski definition) is 3. The first-order chi connectivity index (χ1) is 9.05. The van der Waals surface area contributed by atoms with Gasteiger partial charge in [0.25, 0.3) is 0 Å². The molecule has 0 radical (unpaired) electrons. The fourth-order valence-electron chi connectivity index (χ4n) is 3.38. The molecule has 1 amide bonds. The number of piperidine rings is 1. The molecule has 0 aromatic carbocycles. The van der Waals surface area contributed by atoms with Gasteiger partial charge >= 0.3 is 0 Å². The summed E-state index contributed by atoms with van der Waals surface area (Å²) < 4.78 is 0. The highest BCUT2D eigenvalue weighted by atomic mass is 32.2. The van der Waals surface area contributed by atoms with E-state index in [0.717, 1.165) is 19.5 Å². The van der Waals surface area contributed by atoms with Crippen molar-refractivity contribution in [1.29, 1.82) is 0 Å². The average molecular weight is 284 g/mol. The molecule has 3 unspecified atom stereocenters. The van der Waals surface area contributed by atoms with Crippen molar-refractivity contribution in [3.8, 4) is 0 Å². The van der Waals surface area contributed by atoms with Gasteiger partial charge in [0.2, 0.25) is 5.91 Å². The first kappa shape index (κ1) is 15.2. The third-order valence-corrected chi connectivity index (χ3v) is 6.14. The van der Waals surface area contributed by atoms with Crippen LogP contribution in [0.5, 0.6) is 0 Å². The van der Waals surface area contributed by atoms with Gasteiger partial charge in [-0.25, -0.2) is 0 Å². The topological polar surface area (TPSA) is 41.1 Å². The monoisotopic (exact) mass is 284 g/mol. The predicted molar refractivity (Wildman–Crippen MR) is 82.5 cm³/mol. The van der Waals surface area contributed by atoms with Crippen LogP contribution in [0.3, 0.4) is 0 Å². The van der Waals surface area contributed by atoms with Gasteiger partial charge in [-0.2, -0.15) is 11.8 Å². The molecular weight excluding hydrogens is 256 g/mol. The third kappa shape index (κ3) is 3.46.